The normalized spacial score (nSPS) is 23.2. The summed E-state index contributed by atoms with van der Waals surface area (Å²) in [6, 6.07) is 13.3. The van der Waals surface area contributed by atoms with Crippen molar-refractivity contribution in [2.75, 3.05) is 18.9 Å². The summed E-state index contributed by atoms with van der Waals surface area (Å²) >= 11 is 0. The molecular formula is C30H35N5O2. The second kappa shape index (κ2) is 9.45. The van der Waals surface area contributed by atoms with Crippen LogP contribution in [0.5, 0.6) is 0 Å². The van der Waals surface area contributed by atoms with Crippen LogP contribution in [0.3, 0.4) is 0 Å². The SMILES string of the molecule is Cc1ccnc(C)c1-c1ccc(NC(=O)[C@@H](NC(=O)c2ccc3n2CCN(C)C3)[C@@H]2C[C@H]3C[C@H]3C2)cc1. The van der Waals surface area contributed by atoms with E-state index in [0.29, 0.717) is 5.69 Å². The van der Waals surface area contributed by atoms with Crippen molar-refractivity contribution in [3.63, 3.8) is 0 Å². The topological polar surface area (TPSA) is 79.3 Å². The van der Waals surface area contributed by atoms with Gasteiger partial charge in [0.25, 0.3) is 5.91 Å². The summed E-state index contributed by atoms with van der Waals surface area (Å²) < 4.78 is 2.09. The Morgan fingerprint density at radius 3 is 2.46 bits per heavy atom. The van der Waals surface area contributed by atoms with Crippen molar-refractivity contribution >= 4 is 17.5 Å². The van der Waals surface area contributed by atoms with Crippen molar-refractivity contribution in [2.24, 2.45) is 17.8 Å². The van der Waals surface area contributed by atoms with Crippen LogP contribution in [0.1, 0.15) is 46.7 Å². The lowest BCUT2D eigenvalue weighted by atomic mass is 9.93. The Labute approximate surface area is 218 Å². The molecular weight excluding hydrogens is 462 g/mol. The molecule has 0 spiro atoms. The largest absolute Gasteiger partial charge is 0.339 e. The summed E-state index contributed by atoms with van der Waals surface area (Å²) in [6.45, 7) is 6.62. The Morgan fingerprint density at radius 1 is 0.973 bits per heavy atom. The average Bonchev–Trinajstić information content (AvgIpc) is 3.27. The van der Waals surface area contributed by atoms with E-state index in [4.69, 9.17) is 0 Å². The van der Waals surface area contributed by atoms with Gasteiger partial charge in [-0.2, -0.15) is 0 Å². The van der Waals surface area contributed by atoms with Gasteiger partial charge in [0.1, 0.15) is 11.7 Å². The molecule has 3 heterocycles. The number of nitrogens with zero attached hydrogens (tertiary/aromatic N) is 3. The zero-order valence-corrected chi connectivity index (χ0v) is 21.8. The molecule has 2 amide bonds. The van der Waals surface area contributed by atoms with Gasteiger partial charge < -0.3 is 15.2 Å². The molecule has 2 fully saturated rings. The van der Waals surface area contributed by atoms with Gasteiger partial charge in [0.05, 0.1) is 0 Å². The van der Waals surface area contributed by atoms with E-state index < -0.39 is 6.04 Å². The van der Waals surface area contributed by atoms with E-state index in [9.17, 15) is 9.59 Å². The number of pyridine rings is 1. The summed E-state index contributed by atoms with van der Waals surface area (Å²) in [7, 11) is 2.09. The molecule has 3 aliphatic rings. The summed E-state index contributed by atoms with van der Waals surface area (Å²) in [5, 5.41) is 6.23. The van der Waals surface area contributed by atoms with E-state index in [1.54, 1.807) is 0 Å². The summed E-state index contributed by atoms with van der Waals surface area (Å²) in [5.74, 6) is 1.33. The molecule has 192 valence electrons. The van der Waals surface area contributed by atoms with E-state index in [1.807, 2.05) is 55.6 Å². The molecule has 0 unspecified atom stereocenters. The Balaban J connectivity index is 1.19. The zero-order chi connectivity index (χ0) is 25.7. The first-order chi connectivity index (χ1) is 17.9. The molecule has 37 heavy (non-hydrogen) atoms. The minimum Gasteiger partial charge on any atom is -0.339 e. The number of amides is 2. The monoisotopic (exact) mass is 497 g/mol. The quantitative estimate of drug-likeness (QED) is 0.529. The summed E-state index contributed by atoms with van der Waals surface area (Å²) in [6.07, 6.45) is 5.12. The molecule has 1 aromatic carbocycles. The number of rotatable bonds is 6. The van der Waals surface area contributed by atoms with Crippen molar-refractivity contribution in [3.05, 3.63) is 71.3 Å². The molecule has 7 heteroatoms. The van der Waals surface area contributed by atoms with Crippen LogP contribution in [-0.2, 0) is 17.9 Å². The maximum Gasteiger partial charge on any atom is 0.268 e. The second-order valence-corrected chi connectivity index (χ2v) is 11.2. The van der Waals surface area contributed by atoms with Gasteiger partial charge in [-0.1, -0.05) is 12.1 Å². The number of carbonyl (C=O) groups excluding carboxylic acids is 2. The molecule has 3 aromatic rings. The highest BCUT2D eigenvalue weighted by molar-refractivity contribution is 6.01. The number of likely N-dealkylation sites (N-methyl/N-ethyl adjacent to an activating group) is 1. The van der Waals surface area contributed by atoms with Gasteiger partial charge in [0.2, 0.25) is 5.91 Å². The Hall–Kier alpha value is -3.45. The number of nitrogens with one attached hydrogen (secondary N) is 2. The Kier molecular flexibility index (Phi) is 6.11. The number of hydrogen-bond acceptors (Lipinski definition) is 4. The van der Waals surface area contributed by atoms with Crippen LogP contribution in [0.4, 0.5) is 5.69 Å². The molecule has 1 aliphatic heterocycles. The van der Waals surface area contributed by atoms with Crippen molar-refractivity contribution in [3.8, 4) is 11.1 Å². The van der Waals surface area contributed by atoms with Crippen LogP contribution in [-0.4, -0.2) is 45.9 Å². The molecule has 2 N–H and O–H groups in total. The maximum atomic E-state index is 13.6. The van der Waals surface area contributed by atoms with Gasteiger partial charge in [0, 0.05) is 48.5 Å². The van der Waals surface area contributed by atoms with Gasteiger partial charge in [-0.3, -0.25) is 19.5 Å². The van der Waals surface area contributed by atoms with Crippen LogP contribution in [0.15, 0.2) is 48.7 Å². The maximum absolute atomic E-state index is 13.6. The minimum atomic E-state index is -0.541. The first-order valence-corrected chi connectivity index (χ1v) is 13.4. The highest BCUT2D eigenvalue weighted by Gasteiger charge is 2.49. The van der Waals surface area contributed by atoms with E-state index >= 15 is 0 Å². The van der Waals surface area contributed by atoms with Crippen LogP contribution >= 0.6 is 0 Å². The second-order valence-electron chi connectivity index (χ2n) is 11.2. The summed E-state index contributed by atoms with van der Waals surface area (Å²) in [4.78, 5) is 33.7. The highest BCUT2D eigenvalue weighted by atomic mass is 16.2. The lowest BCUT2D eigenvalue weighted by molar-refractivity contribution is -0.119. The third-order valence-electron chi connectivity index (χ3n) is 8.55. The van der Waals surface area contributed by atoms with Crippen molar-refractivity contribution < 1.29 is 9.59 Å². The molecule has 4 atom stereocenters. The number of benzene rings is 1. The van der Waals surface area contributed by atoms with E-state index in [2.05, 4.69) is 39.1 Å². The Bertz CT molecular complexity index is 1310. The highest BCUT2D eigenvalue weighted by Crippen LogP contribution is 2.55. The number of aromatic nitrogens is 2. The Morgan fingerprint density at radius 2 is 1.73 bits per heavy atom. The van der Waals surface area contributed by atoms with E-state index in [0.717, 1.165) is 72.5 Å². The van der Waals surface area contributed by atoms with Gasteiger partial charge in [-0.25, -0.2) is 0 Å². The van der Waals surface area contributed by atoms with Gasteiger partial charge in [-0.05, 0) is 99.4 Å². The number of carbonyl (C=O) groups is 2. The van der Waals surface area contributed by atoms with Crippen LogP contribution < -0.4 is 10.6 Å². The lowest BCUT2D eigenvalue weighted by Gasteiger charge is -2.28. The average molecular weight is 498 g/mol. The third-order valence-corrected chi connectivity index (χ3v) is 8.55. The fourth-order valence-electron chi connectivity index (χ4n) is 6.45. The van der Waals surface area contributed by atoms with Crippen molar-refractivity contribution in [1.82, 2.24) is 19.8 Å². The molecule has 7 nitrogen and oxygen atoms in total. The van der Waals surface area contributed by atoms with Crippen LogP contribution in [0.2, 0.25) is 0 Å². The fraction of sp³-hybridized carbons (Fsp3) is 0.433. The summed E-state index contributed by atoms with van der Waals surface area (Å²) in [5.41, 5.74) is 6.88. The molecule has 2 aromatic heterocycles. The number of fused-ring (bicyclic) bond motifs is 2. The molecule has 2 aliphatic carbocycles. The first-order valence-electron chi connectivity index (χ1n) is 13.4. The standard InChI is InChI=1S/C30H35N5O2/c1-18-10-11-31-19(2)27(18)20-4-6-24(7-5-20)32-30(37)28(23-15-21-14-22(21)16-23)33-29(36)26-9-8-25-17-34(3)12-13-35(25)26/h4-11,21-23,28H,12-17H2,1-3H3,(H,32,37)(H,33,36)/t21-,22+,23-,28-/m0/s1. The molecule has 0 saturated heterocycles. The molecule has 0 bridgehead atoms. The molecule has 0 radical (unpaired) electrons. The number of hydrogen-bond donors (Lipinski definition) is 2. The first kappa shape index (κ1) is 23.9. The predicted octanol–water partition coefficient (Wildman–Crippen LogP) is 4.40. The minimum absolute atomic E-state index is 0.133. The molecule has 2 saturated carbocycles. The fourth-order valence-corrected chi connectivity index (χ4v) is 6.45. The lowest BCUT2D eigenvalue weighted by Crippen LogP contribution is -2.49. The van der Waals surface area contributed by atoms with Gasteiger partial charge in [-0.15, -0.1) is 0 Å². The van der Waals surface area contributed by atoms with E-state index in [-0.39, 0.29) is 17.7 Å². The van der Waals surface area contributed by atoms with Crippen LogP contribution in [0, 0.1) is 31.6 Å². The predicted molar refractivity (Wildman–Crippen MR) is 144 cm³/mol. The number of aryl methyl sites for hydroxylation is 2. The number of anilines is 1. The van der Waals surface area contributed by atoms with Crippen LogP contribution in [0.25, 0.3) is 11.1 Å². The van der Waals surface area contributed by atoms with Crippen molar-refractivity contribution in [1.29, 1.82) is 0 Å². The molecule has 6 rings (SSSR count). The third kappa shape index (κ3) is 4.68. The van der Waals surface area contributed by atoms with E-state index in [1.165, 1.54) is 12.0 Å². The zero-order valence-electron chi connectivity index (χ0n) is 21.8. The van der Waals surface area contributed by atoms with Gasteiger partial charge >= 0.3 is 0 Å². The van der Waals surface area contributed by atoms with Crippen molar-refractivity contribution in [2.45, 2.75) is 52.2 Å². The smallest absolute Gasteiger partial charge is 0.268 e. The van der Waals surface area contributed by atoms with Gasteiger partial charge in [0.15, 0.2) is 0 Å².